The first-order valence-electron chi connectivity index (χ1n) is 6.21. The van der Waals surface area contributed by atoms with Crippen molar-refractivity contribution in [2.75, 3.05) is 11.9 Å². The van der Waals surface area contributed by atoms with Crippen molar-refractivity contribution in [2.45, 2.75) is 25.7 Å². The Morgan fingerprint density at radius 2 is 2.22 bits per heavy atom. The molecule has 2 rings (SSSR count). The topological polar surface area (TPSA) is 29.1 Å². The second-order valence-corrected chi connectivity index (χ2v) is 6.25. The molecule has 1 fully saturated rings. The van der Waals surface area contributed by atoms with E-state index in [1.54, 1.807) is 0 Å². The van der Waals surface area contributed by atoms with Crippen molar-refractivity contribution in [3.8, 4) is 0 Å². The summed E-state index contributed by atoms with van der Waals surface area (Å²) in [6.45, 7) is 0.804. The lowest BCUT2D eigenvalue weighted by atomic mass is 10.0. The largest absolute Gasteiger partial charge is 0.355 e. The predicted octanol–water partition coefficient (Wildman–Crippen LogP) is 3.56. The minimum atomic E-state index is 0.0816. The molecule has 1 N–H and O–H groups in total. The van der Waals surface area contributed by atoms with Crippen LogP contribution in [0.25, 0.3) is 0 Å². The third-order valence-corrected chi connectivity index (χ3v) is 4.13. The number of nitrogens with one attached hydrogen (secondary N) is 1. The average Bonchev–Trinajstić information content (AvgIpc) is 3.08. The molecule has 0 heterocycles. The molecule has 0 atom stereocenters. The molecule has 1 saturated carbocycles. The van der Waals surface area contributed by atoms with Crippen LogP contribution in [-0.4, -0.2) is 17.8 Å². The lowest BCUT2D eigenvalue weighted by Crippen LogP contribution is -2.31. The zero-order valence-corrected chi connectivity index (χ0v) is 12.6. The van der Waals surface area contributed by atoms with E-state index in [1.165, 1.54) is 12.8 Å². The van der Waals surface area contributed by atoms with Crippen molar-refractivity contribution in [3.63, 3.8) is 0 Å². The Balaban J connectivity index is 1.79. The summed E-state index contributed by atoms with van der Waals surface area (Å²) in [7, 11) is 0. The maximum absolute atomic E-state index is 11.8. The molecule has 0 radical (unpaired) electrons. The van der Waals surface area contributed by atoms with Gasteiger partial charge in [-0.1, -0.05) is 39.7 Å². The van der Waals surface area contributed by atoms with E-state index in [9.17, 15) is 4.79 Å². The van der Waals surface area contributed by atoms with Gasteiger partial charge in [0.2, 0.25) is 5.91 Å². The number of carbonyl (C=O) groups is 1. The summed E-state index contributed by atoms with van der Waals surface area (Å²) in [6, 6.07) is 7.46. The van der Waals surface area contributed by atoms with E-state index in [0.717, 1.165) is 23.9 Å². The van der Waals surface area contributed by atoms with Gasteiger partial charge in [0, 0.05) is 16.9 Å². The van der Waals surface area contributed by atoms with Crippen LogP contribution in [0.3, 0.4) is 0 Å². The van der Waals surface area contributed by atoms with Gasteiger partial charge in [-0.3, -0.25) is 4.79 Å². The number of halogens is 2. The molecule has 4 heteroatoms. The Hall–Kier alpha value is -0.540. The van der Waals surface area contributed by atoms with Gasteiger partial charge in [-0.05, 0) is 42.4 Å². The summed E-state index contributed by atoms with van der Waals surface area (Å²) < 4.78 is 0. The molecule has 1 aliphatic rings. The summed E-state index contributed by atoms with van der Waals surface area (Å²) in [5.74, 6) is 0.0816. The molecular formula is C14H17BrClNO. The van der Waals surface area contributed by atoms with Crippen LogP contribution < -0.4 is 5.32 Å². The lowest BCUT2D eigenvalue weighted by molar-refractivity contribution is -0.120. The highest BCUT2D eigenvalue weighted by Crippen LogP contribution is 2.48. The summed E-state index contributed by atoms with van der Waals surface area (Å²) in [4.78, 5) is 11.8. The van der Waals surface area contributed by atoms with Gasteiger partial charge in [-0.2, -0.15) is 0 Å². The minimum Gasteiger partial charge on any atom is -0.355 e. The second-order valence-electron chi connectivity index (χ2n) is 5.02. The maximum Gasteiger partial charge on any atom is 0.224 e. The fourth-order valence-corrected chi connectivity index (χ4v) is 3.13. The molecule has 0 unspecified atom stereocenters. The van der Waals surface area contributed by atoms with Crippen LogP contribution in [0.15, 0.2) is 24.3 Å². The van der Waals surface area contributed by atoms with Crippen molar-refractivity contribution in [3.05, 3.63) is 34.9 Å². The highest BCUT2D eigenvalue weighted by atomic mass is 79.9. The van der Waals surface area contributed by atoms with E-state index in [0.29, 0.717) is 16.9 Å². The third kappa shape index (κ3) is 3.99. The van der Waals surface area contributed by atoms with Crippen molar-refractivity contribution in [2.24, 2.45) is 5.41 Å². The summed E-state index contributed by atoms with van der Waals surface area (Å²) in [5.41, 5.74) is 1.33. The number of hydrogen-bond donors (Lipinski definition) is 1. The number of hydrogen-bond acceptors (Lipinski definition) is 1. The Labute approximate surface area is 121 Å². The molecule has 98 valence electrons. The number of benzene rings is 1. The number of carbonyl (C=O) groups excluding carboxylic acids is 1. The SMILES string of the molecule is O=C(Cc1cccc(Cl)c1)NCC1(CCBr)CC1. The van der Waals surface area contributed by atoms with Gasteiger partial charge in [0.25, 0.3) is 0 Å². The van der Waals surface area contributed by atoms with Gasteiger partial charge in [0.1, 0.15) is 0 Å². The van der Waals surface area contributed by atoms with E-state index >= 15 is 0 Å². The molecular weight excluding hydrogens is 314 g/mol. The zero-order valence-electron chi connectivity index (χ0n) is 10.2. The van der Waals surface area contributed by atoms with Crippen LogP contribution >= 0.6 is 27.5 Å². The molecule has 1 amide bonds. The van der Waals surface area contributed by atoms with Gasteiger partial charge < -0.3 is 5.32 Å². The molecule has 1 aromatic rings. The summed E-state index contributed by atoms with van der Waals surface area (Å²) in [6.07, 6.45) is 4.02. The van der Waals surface area contributed by atoms with Crippen LogP contribution in [0.4, 0.5) is 0 Å². The lowest BCUT2D eigenvalue weighted by Gasteiger charge is -2.14. The van der Waals surface area contributed by atoms with Gasteiger partial charge in [-0.25, -0.2) is 0 Å². The summed E-state index contributed by atoms with van der Waals surface area (Å²) in [5, 5.41) is 4.73. The molecule has 0 saturated heterocycles. The first kappa shape index (κ1) is 13.9. The molecule has 1 aromatic carbocycles. The Bertz CT molecular complexity index is 432. The van der Waals surface area contributed by atoms with Crippen molar-refractivity contribution in [1.29, 1.82) is 0 Å². The number of rotatable bonds is 6. The van der Waals surface area contributed by atoms with Crippen LogP contribution in [0.2, 0.25) is 5.02 Å². The fraction of sp³-hybridized carbons (Fsp3) is 0.500. The van der Waals surface area contributed by atoms with Gasteiger partial charge in [0.05, 0.1) is 6.42 Å². The van der Waals surface area contributed by atoms with E-state index < -0.39 is 0 Å². The molecule has 2 nitrogen and oxygen atoms in total. The fourth-order valence-electron chi connectivity index (χ4n) is 2.07. The minimum absolute atomic E-state index is 0.0816. The number of alkyl halides is 1. The molecule has 18 heavy (non-hydrogen) atoms. The highest BCUT2D eigenvalue weighted by molar-refractivity contribution is 9.09. The van der Waals surface area contributed by atoms with E-state index in [-0.39, 0.29) is 5.91 Å². The van der Waals surface area contributed by atoms with E-state index in [4.69, 9.17) is 11.6 Å². The molecule has 1 aliphatic carbocycles. The monoisotopic (exact) mass is 329 g/mol. The van der Waals surface area contributed by atoms with Crippen LogP contribution in [0.5, 0.6) is 0 Å². The number of amides is 1. The van der Waals surface area contributed by atoms with E-state index in [2.05, 4.69) is 21.2 Å². The molecule has 0 spiro atoms. The molecule has 0 bridgehead atoms. The third-order valence-electron chi connectivity index (χ3n) is 3.50. The Morgan fingerprint density at radius 3 is 2.83 bits per heavy atom. The first-order valence-corrected chi connectivity index (χ1v) is 7.71. The van der Waals surface area contributed by atoms with Crippen LogP contribution in [0.1, 0.15) is 24.8 Å². The van der Waals surface area contributed by atoms with E-state index in [1.807, 2.05) is 24.3 Å². The smallest absolute Gasteiger partial charge is 0.224 e. The molecule has 0 aromatic heterocycles. The molecule has 0 aliphatic heterocycles. The van der Waals surface area contributed by atoms with Gasteiger partial charge in [0.15, 0.2) is 0 Å². The Kier molecular flexibility index (Phi) is 4.68. The maximum atomic E-state index is 11.8. The van der Waals surface area contributed by atoms with Crippen molar-refractivity contribution < 1.29 is 4.79 Å². The predicted molar refractivity (Wildman–Crippen MR) is 78.2 cm³/mol. The average molecular weight is 331 g/mol. The first-order chi connectivity index (χ1) is 8.63. The zero-order chi connectivity index (χ0) is 13.0. The van der Waals surface area contributed by atoms with Crippen LogP contribution in [-0.2, 0) is 11.2 Å². The highest BCUT2D eigenvalue weighted by Gasteiger charge is 2.41. The van der Waals surface area contributed by atoms with Crippen molar-refractivity contribution >= 4 is 33.4 Å². The summed E-state index contributed by atoms with van der Waals surface area (Å²) >= 11 is 9.36. The normalized spacial score (nSPS) is 16.3. The second kappa shape index (κ2) is 6.07. The van der Waals surface area contributed by atoms with Crippen LogP contribution in [0, 0.1) is 5.41 Å². The van der Waals surface area contributed by atoms with Gasteiger partial charge >= 0.3 is 0 Å². The Morgan fingerprint density at radius 1 is 1.44 bits per heavy atom. The van der Waals surface area contributed by atoms with Crippen molar-refractivity contribution in [1.82, 2.24) is 5.32 Å². The quantitative estimate of drug-likeness (QED) is 0.794. The van der Waals surface area contributed by atoms with Gasteiger partial charge in [-0.15, -0.1) is 0 Å². The standard InChI is InChI=1S/C14H17BrClNO/c15-7-6-14(4-5-14)10-17-13(18)9-11-2-1-3-12(16)8-11/h1-3,8H,4-7,9-10H2,(H,17,18).